The van der Waals surface area contributed by atoms with Crippen LogP contribution in [0.5, 0.6) is 0 Å². The van der Waals surface area contributed by atoms with E-state index in [1.807, 2.05) is 0 Å². The maximum atomic E-state index is 12.5. The van der Waals surface area contributed by atoms with Gasteiger partial charge in [-0.15, -0.1) is 0 Å². The lowest BCUT2D eigenvalue weighted by molar-refractivity contribution is 0.199. The summed E-state index contributed by atoms with van der Waals surface area (Å²) in [5.41, 5.74) is 0. The monoisotopic (exact) mass is 289 g/mol. The van der Waals surface area contributed by atoms with E-state index in [4.69, 9.17) is 4.74 Å². The lowest BCUT2D eigenvalue weighted by atomic mass is 9.79. The SMILES string of the molecule is CCNC1CCC(C(C)C)CC1S(=O)CCCOC. The van der Waals surface area contributed by atoms with Gasteiger partial charge in [-0.1, -0.05) is 20.8 Å². The van der Waals surface area contributed by atoms with Gasteiger partial charge in [0.25, 0.3) is 0 Å². The Morgan fingerprint density at radius 1 is 1.37 bits per heavy atom. The minimum absolute atomic E-state index is 0.331. The van der Waals surface area contributed by atoms with E-state index in [0.717, 1.165) is 37.7 Å². The molecule has 0 radical (unpaired) electrons. The zero-order valence-electron chi connectivity index (χ0n) is 13.0. The van der Waals surface area contributed by atoms with Crippen LogP contribution >= 0.6 is 0 Å². The molecule has 1 aliphatic rings. The summed E-state index contributed by atoms with van der Waals surface area (Å²) in [6.07, 6.45) is 4.48. The van der Waals surface area contributed by atoms with Gasteiger partial charge in [0.05, 0.1) is 5.25 Å². The average molecular weight is 289 g/mol. The Morgan fingerprint density at radius 3 is 2.68 bits per heavy atom. The van der Waals surface area contributed by atoms with Crippen LogP contribution in [0.25, 0.3) is 0 Å². The van der Waals surface area contributed by atoms with E-state index in [1.165, 1.54) is 12.8 Å². The lowest BCUT2D eigenvalue weighted by Crippen LogP contribution is -2.47. The molecule has 0 amide bonds. The standard InChI is InChI=1S/C15H31NO2S/c1-5-16-14-8-7-13(12(2)3)11-15(14)19(17)10-6-9-18-4/h12-16H,5-11H2,1-4H3. The molecule has 1 aliphatic carbocycles. The van der Waals surface area contributed by atoms with E-state index in [9.17, 15) is 4.21 Å². The second-order valence-electron chi connectivity index (χ2n) is 5.95. The molecular weight excluding hydrogens is 258 g/mol. The maximum Gasteiger partial charge on any atom is 0.0503 e. The van der Waals surface area contributed by atoms with Crippen molar-refractivity contribution in [1.29, 1.82) is 0 Å². The minimum Gasteiger partial charge on any atom is -0.385 e. The minimum atomic E-state index is -0.719. The van der Waals surface area contributed by atoms with Crippen molar-refractivity contribution in [1.82, 2.24) is 5.32 Å². The molecule has 114 valence electrons. The number of nitrogens with one attached hydrogen (secondary N) is 1. The second kappa shape index (κ2) is 9.09. The zero-order chi connectivity index (χ0) is 14.3. The van der Waals surface area contributed by atoms with Gasteiger partial charge in [0, 0.05) is 36.3 Å². The molecule has 1 N–H and O–H groups in total. The highest BCUT2D eigenvalue weighted by Crippen LogP contribution is 2.33. The molecule has 1 saturated carbocycles. The first-order chi connectivity index (χ1) is 9.10. The van der Waals surface area contributed by atoms with Crippen molar-refractivity contribution in [3.05, 3.63) is 0 Å². The van der Waals surface area contributed by atoms with E-state index in [2.05, 4.69) is 26.1 Å². The number of hydrogen-bond acceptors (Lipinski definition) is 3. The lowest BCUT2D eigenvalue weighted by Gasteiger charge is -2.37. The van der Waals surface area contributed by atoms with Crippen molar-refractivity contribution >= 4 is 10.8 Å². The van der Waals surface area contributed by atoms with Crippen molar-refractivity contribution in [2.24, 2.45) is 11.8 Å². The predicted molar refractivity (Wildman–Crippen MR) is 82.9 cm³/mol. The van der Waals surface area contributed by atoms with Crippen LogP contribution in [0.15, 0.2) is 0 Å². The molecule has 0 spiro atoms. The summed E-state index contributed by atoms with van der Waals surface area (Å²) in [4.78, 5) is 0. The summed E-state index contributed by atoms with van der Waals surface area (Å²) in [5, 5.41) is 3.87. The number of hydrogen-bond donors (Lipinski definition) is 1. The molecule has 1 fully saturated rings. The smallest absolute Gasteiger partial charge is 0.0503 e. The van der Waals surface area contributed by atoms with E-state index in [1.54, 1.807) is 7.11 Å². The molecule has 4 atom stereocenters. The third kappa shape index (κ3) is 5.52. The molecular formula is C15H31NO2S. The van der Waals surface area contributed by atoms with Gasteiger partial charge in [-0.2, -0.15) is 0 Å². The topological polar surface area (TPSA) is 38.3 Å². The Balaban J connectivity index is 2.57. The molecule has 0 saturated heterocycles. The molecule has 3 nitrogen and oxygen atoms in total. The van der Waals surface area contributed by atoms with Gasteiger partial charge in [0.2, 0.25) is 0 Å². The molecule has 0 bridgehead atoms. The Bertz CT molecular complexity index is 271. The van der Waals surface area contributed by atoms with Crippen LogP contribution < -0.4 is 5.32 Å². The number of ether oxygens (including phenoxy) is 1. The van der Waals surface area contributed by atoms with Crippen molar-refractivity contribution in [2.45, 2.75) is 57.7 Å². The van der Waals surface area contributed by atoms with E-state index in [-0.39, 0.29) is 0 Å². The summed E-state index contributed by atoms with van der Waals surface area (Å²) >= 11 is 0. The first-order valence-electron chi connectivity index (χ1n) is 7.69. The third-order valence-electron chi connectivity index (χ3n) is 4.27. The van der Waals surface area contributed by atoms with Gasteiger partial charge in [0.1, 0.15) is 0 Å². The highest BCUT2D eigenvalue weighted by atomic mass is 32.2. The quantitative estimate of drug-likeness (QED) is 0.698. The van der Waals surface area contributed by atoms with Crippen molar-refractivity contribution < 1.29 is 8.95 Å². The Labute approximate surface area is 121 Å². The largest absolute Gasteiger partial charge is 0.385 e. The summed E-state index contributed by atoms with van der Waals surface area (Å²) in [6, 6.07) is 0.448. The molecule has 4 unspecified atom stereocenters. The first kappa shape index (κ1) is 17.1. The Kier molecular flexibility index (Phi) is 8.19. The molecule has 4 heteroatoms. The van der Waals surface area contributed by atoms with Crippen LogP contribution in [0.1, 0.15) is 46.5 Å². The molecule has 0 aromatic carbocycles. The summed E-state index contributed by atoms with van der Waals surface area (Å²) in [5.74, 6) is 2.23. The Morgan fingerprint density at radius 2 is 2.11 bits per heavy atom. The zero-order valence-corrected chi connectivity index (χ0v) is 13.8. The molecule has 0 aromatic heterocycles. The fraction of sp³-hybridized carbons (Fsp3) is 1.00. The number of rotatable bonds is 8. The maximum absolute atomic E-state index is 12.5. The molecule has 19 heavy (non-hydrogen) atoms. The van der Waals surface area contributed by atoms with E-state index >= 15 is 0 Å². The highest BCUT2D eigenvalue weighted by molar-refractivity contribution is 7.85. The predicted octanol–water partition coefficient (Wildman–Crippen LogP) is 2.57. The Hall–Kier alpha value is 0.0700. The summed E-state index contributed by atoms with van der Waals surface area (Å²) < 4.78 is 17.6. The van der Waals surface area contributed by atoms with Crippen LogP contribution in [0, 0.1) is 11.8 Å². The van der Waals surface area contributed by atoms with E-state index < -0.39 is 10.8 Å². The van der Waals surface area contributed by atoms with Gasteiger partial charge >= 0.3 is 0 Å². The van der Waals surface area contributed by atoms with E-state index in [0.29, 0.717) is 17.2 Å². The molecule has 0 aliphatic heterocycles. The van der Waals surface area contributed by atoms with Gasteiger partial charge in [-0.3, -0.25) is 4.21 Å². The van der Waals surface area contributed by atoms with Gasteiger partial charge in [-0.25, -0.2) is 0 Å². The summed E-state index contributed by atoms with van der Waals surface area (Å²) in [6.45, 7) is 8.42. The fourth-order valence-electron chi connectivity index (χ4n) is 3.05. The van der Waals surface area contributed by atoms with Crippen LogP contribution in [0.3, 0.4) is 0 Å². The van der Waals surface area contributed by atoms with Crippen molar-refractivity contribution in [3.8, 4) is 0 Å². The molecule has 1 rings (SSSR count). The highest BCUT2D eigenvalue weighted by Gasteiger charge is 2.34. The van der Waals surface area contributed by atoms with Crippen LogP contribution in [-0.4, -0.2) is 41.5 Å². The first-order valence-corrected chi connectivity index (χ1v) is 9.07. The van der Waals surface area contributed by atoms with Gasteiger partial charge in [0.15, 0.2) is 0 Å². The molecule has 0 heterocycles. The van der Waals surface area contributed by atoms with Crippen molar-refractivity contribution in [3.63, 3.8) is 0 Å². The van der Waals surface area contributed by atoms with Crippen molar-refractivity contribution in [2.75, 3.05) is 26.0 Å². The summed E-state index contributed by atoms with van der Waals surface area (Å²) in [7, 11) is 0.989. The number of methoxy groups -OCH3 is 1. The molecule has 0 aromatic rings. The van der Waals surface area contributed by atoms with Gasteiger partial charge < -0.3 is 10.1 Å². The third-order valence-corrected chi connectivity index (χ3v) is 6.16. The normalized spacial score (nSPS) is 29.6. The van der Waals surface area contributed by atoms with Crippen LogP contribution in [-0.2, 0) is 15.5 Å². The average Bonchev–Trinajstić information content (AvgIpc) is 2.39. The second-order valence-corrected chi connectivity index (χ2v) is 7.73. The fourth-order valence-corrected chi connectivity index (χ4v) is 4.81. The van der Waals surface area contributed by atoms with Gasteiger partial charge in [-0.05, 0) is 44.1 Å². The van der Waals surface area contributed by atoms with Crippen LogP contribution in [0.2, 0.25) is 0 Å². The van der Waals surface area contributed by atoms with Crippen LogP contribution in [0.4, 0.5) is 0 Å².